The molecule has 0 radical (unpaired) electrons. The van der Waals surface area contributed by atoms with Gasteiger partial charge in [-0.1, -0.05) is 25.2 Å². The number of methoxy groups -OCH3 is 1. The monoisotopic (exact) mass is 288 g/mol. The van der Waals surface area contributed by atoms with Crippen LogP contribution in [0.3, 0.4) is 0 Å². The number of nitrogens with zero attached hydrogens (tertiary/aromatic N) is 1. The number of hydrogen-bond acceptors (Lipinski definition) is 3. The summed E-state index contributed by atoms with van der Waals surface area (Å²) >= 11 is 5.27. The van der Waals surface area contributed by atoms with E-state index in [2.05, 4.69) is 42.9 Å². The van der Waals surface area contributed by atoms with Gasteiger partial charge in [0.1, 0.15) is 16.2 Å². The number of rotatable bonds is 4. The number of aryl methyl sites for hydroxylation is 2. The van der Waals surface area contributed by atoms with Crippen molar-refractivity contribution >= 4 is 12.2 Å². The van der Waals surface area contributed by atoms with Crippen LogP contribution in [0.2, 0.25) is 0 Å². The van der Waals surface area contributed by atoms with Crippen LogP contribution in [0.5, 0.6) is 5.75 Å². The Hall–Kier alpha value is -1.68. The number of benzene rings is 1. The molecule has 3 nitrogen and oxygen atoms in total. The third kappa shape index (κ3) is 2.90. The molecule has 0 bridgehead atoms. The topological polar surface area (TPSA) is 37.9 Å². The minimum atomic E-state index is 0.613. The van der Waals surface area contributed by atoms with Crippen LogP contribution in [-0.4, -0.2) is 17.1 Å². The van der Waals surface area contributed by atoms with Crippen molar-refractivity contribution in [1.29, 1.82) is 0 Å². The summed E-state index contributed by atoms with van der Waals surface area (Å²) in [6, 6.07) is 6.06. The lowest BCUT2D eigenvalue weighted by Crippen LogP contribution is -1.99. The van der Waals surface area contributed by atoms with E-state index in [-0.39, 0.29) is 0 Å². The summed E-state index contributed by atoms with van der Waals surface area (Å²) in [4.78, 5) is 7.73. The molecule has 0 fully saturated rings. The lowest BCUT2D eigenvalue weighted by molar-refractivity contribution is 0.413. The SMILES string of the molecule is CCCc1nc(=S)cc(-c2ccc(C)c(C)c2OC)[nH]1. The van der Waals surface area contributed by atoms with Crippen LogP contribution in [0.4, 0.5) is 0 Å². The molecule has 0 spiro atoms. The van der Waals surface area contributed by atoms with E-state index in [0.29, 0.717) is 4.64 Å². The third-order valence-electron chi connectivity index (χ3n) is 3.45. The normalized spacial score (nSPS) is 10.6. The van der Waals surface area contributed by atoms with Gasteiger partial charge in [-0.25, -0.2) is 4.98 Å². The molecule has 1 N–H and O–H groups in total. The van der Waals surface area contributed by atoms with E-state index in [4.69, 9.17) is 17.0 Å². The Bertz CT molecular complexity index is 677. The van der Waals surface area contributed by atoms with Gasteiger partial charge in [-0.15, -0.1) is 0 Å². The van der Waals surface area contributed by atoms with E-state index >= 15 is 0 Å². The molecular formula is C16H20N2OS. The van der Waals surface area contributed by atoms with Crippen molar-refractivity contribution in [3.63, 3.8) is 0 Å². The van der Waals surface area contributed by atoms with Crippen LogP contribution in [0.25, 0.3) is 11.3 Å². The number of H-pyrrole nitrogens is 1. The fourth-order valence-electron chi connectivity index (χ4n) is 2.27. The predicted octanol–water partition coefficient (Wildman–Crippen LogP) is 4.38. The Kier molecular flexibility index (Phi) is 4.55. The zero-order valence-corrected chi connectivity index (χ0v) is 13.2. The van der Waals surface area contributed by atoms with Crippen molar-refractivity contribution in [2.75, 3.05) is 7.11 Å². The van der Waals surface area contributed by atoms with Crippen LogP contribution in [0.15, 0.2) is 18.2 Å². The highest BCUT2D eigenvalue weighted by molar-refractivity contribution is 7.71. The lowest BCUT2D eigenvalue weighted by atomic mass is 10.0. The maximum atomic E-state index is 5.58. The molecule has 106 valence electrons. The zero-order valence-electron chi connectivity index (χ0n) is 12.4. The van der Waals surface area contributed by atoms with Gasteiger partial charge < -0.3 is 9.72 Å². The van der Waals surface area contributed by atoms with Crippen LogP contribution in [-0.2, 0) is 6.42 Å². The van der Waals surface area contributed by atoms with Crippen LogP contribution >= 0.6 is 12.2 Å². The zero-order chi connectivity index (χ0) is 14.7. The highest BCUT2D eigenvalue weighted by Crippen LogP contribution is 2.33. The molecule has 1 aromatic carbocycles. The van der Waals surface area contributed by atoms with Crippen LogP contribution < -0.4 is 4.74 Å². The second-order valence-corrected chi connectivity index (χ2v) is 5.34. The number of hydrogen-bond donors (Lipinski definition) is 1. The van der Waals surface area contributed by atoms with Gasteiger partial charge in [-0.05, 0) is 43.5 Å². The molecule has 0 saturated carbocycles. The van der Waals surface area contributed by atoms with Gasteiger partial charge in [0.25, 0.3) is 0 Å². The fraction of sp³-hybridized carbons (Fsp3) is 0.375. The maximum Gasteiger partial charge on any atom is 0.131 e. The molecule has 4 heteroatoms. The van der Waals surface area contributed by atoms with Crippen molar-refractivity contribution in [3.05, 3.63) is 39.8 Å². The van der Waals surface area contributed by atoms with Crippen molar-refractivity contribution in [2.24, 2.45) is 0 Å². The first-order valence-electron chi connectivity index (χ1n) is 6.81. The molecule has 20 heavy (non-hydrogen) atoms. The largest absolute Gasteiger partial charge is 0.496 e. The Labute approximate surface area is 125 Å². The quantitative estimate of drug-likeness (QED) is 0.848. The summed E-state index contributed by atoms with van der Waals surface area (Å²) in [5, 5.41) is 0. The average molecular weight is 288 g/mol. The molecule has 0 saturated heterocycles. The highest BCUT2D eigenvalue weighted by Gasteiger charge is 2.12. The van der Waals surface area contributed by atoms with Gasteiger partial charge >= 0.3 is 0 Å². The number of ether oxygens (including phenoxy) is 1. The van der Waals surface area contributed by atoms with Gasteiger partial charge in [-0.3, -0.25) is 0 Å². The lowest BCUT2D eigenvalue weighted by Gasteiger charge is -2.14. The summed E-state index contributed by atoms with van der Waals surface area (Å²) in [7, 11) is 1.70. The Morgan fingerprint density at radius 1 is 1.30 bits per heavy atom. The molecular weight excluding hydrogens is 268 g/mol. The van der Waals surface area contributed by atoms with Crippen molar-refractivity contribution in [3.8, 4) is 17.0 Å². The standard InChI is InChI=1S/C16H20N2OS/c1-5-6-14-17-13(9-15(20)18-14)12-8-7-10(2)11(3)16(12)19-4/h7-9H,5-6H2,1-4H3,(H,17,18,20). The molecule has 1 aromatic heterocycles. The average Bonchev–Trinajstić information content (AvgIpc) is 2.41. The first-order chi connectivity index (χ1) is 9.56. The van der Waals surface area contributed by atoms with E-state index in [1.165, 1.54) is 5.56 Å². The van der Waals surface area contributed by atoms with Crippen LogP contribution in [0, 0.1) is 18.5 Å². The van der Waals surface area contributed by atoms with E-state index in [0.717, 1.165) is 41.2 Å². The Morgan fingerprint density at radius 3 is 2.70 bits per heavy atom. The minimum Gasteiger partial charge on any atom is -0.496 e. The number of nitrogens with one attached hydrogen (secondary N) is 1. The number of aromatic amines is 1. The Balaban J connectivity index is 2.62. The summed E-state index contributed by atoms with van der Waals surface area (Å²) in [5.74, 6) is 1.82. The van der Waals surface area contributed by atoms with Gasteiger partial charge in [0.2, 0.25) is 0 Å². The first kappa shape index (κ1) is 14.7. The summed E-state index contributed by atoms with van der Waals surface area (Å²) in [5.41, 5.74) is 4.36. The third-order valence-corrected chi connectivity index (χ3v) is 3.66. The van der Waals surface area contributed by atoms with Gasteiger partial charge in [-0.2, -0.15) is 0 Å². The van der Waals surface area contributed by atoms with Gasteiger partial charge in [0.05, 0.1) is 12.8 Å². The molecule has 2 rings (SSSR count). The second-order valence-electron chi connectivity index (χ2n) is 4.92. The fourth-order valence-corrected chi connectivity index (χ4v) is 2.50. The second kappa shape index (κ2) is 6.18. The Morgan fingerprint density at radius 2 is 2.05 bits per heavy atom. The highest BCUT2D eigenvalue weighted by atomic mass is 32.1. The van der Waals surface area contributed by atoms with E-state index < -0.39 is 0 Å². The maximum absolute atomic E-state index is 5.58. The van der Waals surface area contributed by atoms with Crippen molar-refractivity contribution in [1.82, 2.24) is 9.97 Å². The summed E-state index contributed by atoms with van der Waals surface area (Å²) in [6.07, 6.45) is 1.93. The minimum absolute atomic E-state index is 0.613. The van der Waals surface area contributed by atoms with Gasteiger partial charge in [0, 0.05) is 12.0 Å². The van der Waals surface area contributed by atoms with E-state index in [9.17, 15) is 0 Å². The molecule has 0 aliphatic rings. The molecule has 0 aliphatic heterocycles. The number of aromatic nitrogens is 2. The molecule has 2 aromatic rings. The molecule has 0 aliphatic carbocycles. The molecule has 0 unspecified atom stereocenters. The summed E-state index contributed by atoms with van der Waals surface area (Å²) < 4.78 is 6.19. The van der Waals surface area contributed by atoms with Crippen molar-refractivity contribution in [2.45, 2.75) is 33.6 Å². The van der Waals surface area contributed by atoms with E-state index in [1.54, 1.807) is 7.11 Å². The molecule has 1 heterocycles. The molecule has 0 atom stereocenters. The first-order valence-corrected chi connectivity index (χ1v) is 7.22. The predicted molar refractivity (Wildman–Crippen MR) is 84.9 cm³/mol. The summed E-state index contributed by atoms with van der Waals surface area (Å²) in [6.45, 7) is 6.28. The van der Waals surface area contributed by atoms with Crippen LogP contribution in [0.1, 0.15) is 30.3 Å². The smallest absolute Gasteiger partial charge is 0.131 e. The van der Waals surface area contributed by atoms with E-state index in [1.807, 2.05) is 6.07 Å². The molecule has 0 amide bonds. The van der Waals surface area contributed by atoms with Gasteiger partial charge in [0.15, 0.2) is 0 Å². The van der Waals surface area contributed by atoms with Crippen molar-refractivity contribution < 1.29 is 4.74 Å².